The van der Waals surface area contributed by atoms with Gasteiger partial charge >= 0.3 is 6.43 Å². The summed E-state index contributed by atoms with van der Waals surface area (Å²) in [6, 6.07) is 0. The quantitative estimate of drug-likeness (QED) is 0.333. The molecule has 0 bridgehead atoms. The van der Waals surface area contributed by atoms with Gasteiger partial charge < -0.3 is 4.12 Å². The van der Waals surface area contributed by atoms with Gasteiger partial charge in [-0.25, -0.2) is 0 Å². The van der Waals surface area contributed by atoms with Crippen LogP contribution in [-0.4, -0.2) is 27.4 Å². The Morgan fingerprint density at radius 2 is 1.00 bits per heavy atom. The summed E-state index contributed by atoms with van der Waals surface area (Å²) in [4.78, 5) is 0. The predicted octanol–water partition coefficient (Wildman–Crippen LogP) is -0.961. The Morgan fingerprint density at radius 3 is 1.00 bits per heavy atom. The molecule has 0 radical (unpaired) electrons. The number of halogens is 4. The van der Waals surface area contributed by atoms with Crippen molar-refractivity contribution in [3.8, 4) is 0 Å². The number of hydrogen-bond acceptors (Lipinski definition) is 1. The Balaban J connectivity index is 0. The fourth-order valence-electron chi connectivity index (χ4n) is 0. The SMILES string of the molecule is FC(F)(F)F.[SiH3]O[SiH3]. The second-order valence-corrected chi connectivity index (χ2v) is 4.10. The molecule has 0 unspecified atom stereocenters. The highest BCUT2D eigenvalue weighted by atomic mass is 28.3. The van der Waals surface area contributed by atoms with E-state index in [4.69, 9.17) is 0 Å². The largest absolute Gasteiger partial charge is 0.559 e. The summed E-state index contributed by atoms with van der Waals surface area (Å²) in [7, 11) is 1.86. The number of hydrogen-bond donors (Lipinski definition) is 0. The van der Waals surface area contributed by atoms with Crippen LogP contribution in [0.2, 0.25) is 0 Å². The van der Waals surface area contributed by atoms with Gasteiger partial charge in [0, 0.05) is 0 Å². The van der Waals surface area contributed by atoms with Gasteiger partial charge in [-0.2, -0.15) is 0 Å². The summed E-state index contributed by atoms with van der Waals surface area (Å²) in [6.07, 6.45) is -5.50. The van der Waals surface area contributed by atoms with Crippen LogP contribution >= 0.6 is 0 Å². The molecule has 0 spiro atoms. The van der Waals surface area contributed by atoms with Crippen molar-refractivity contribution in [2.75, 3.05) is 0 Å². The minimum atomic E-state index is -5.50. The van der Waals surface area contributed by atoms with Gasteiger partial charge in [-0.15, -0.1) is 17.6 Å². The van der Waals surface area contributed by atoms with E-state index in [-0.39, 0.29) is 0 Å². The van der Waals surface area contributed by atoms with Crippen LogP contribution in [0, 0.1) is 0 Å². The Bertz CT molecular complexity index is 37.8. The molecule has 0 saturated carbocycles. The first-order chi connectivity index (χ1) is 3.41. The van der Waals surface area contributed by atoms with E-state index in [1.165, 1.54) is 0 Å². The van der Waals surface area contributed by atoms with Crippen molar-refractivity contribution in [3.05, 3.63) is 0 Å². The fraction of sp³-hybridized carbons (Fsp3) is 1.00. The molecule has 1 nitrogen and oxygen atoms in total. The third-order valence-electron chi connectivity index (χ3n) is 0. The van der Waals surface area contributed by atoms with Crippen LogP contribution < -0.4 is 0 Å². The molecule has 0 aliphatic carbocycles. The van der Waals surface area contributed by atoms with Crippen LogP contribution in [0.4, 0.5) is 17.6 Å². The zero-order valence-electron chi connectivity index (χ0n) is 4.42. The van der Waals surface area contributed by atoms with Crippen molar-refractivity contribution in [2.24, 2.45) is 0 Å². The minimum absolute atomic E-state index is 0.931. The average molecular weight is 166 g/mol. The first-order valence-electron chi connectivity index (χ1n) is 1.57. The Labute approximate surface area is 50.1 Å². The smallest absolute Gasteiger partial charge is 0.471 e. The molecule has 0 aliphatic heterocycles. The van der Waals surface area contributed by atoms with Gasteiger partial charge in [0.25, 0.3) is 0 Å². The maximum absolute atomic E-state index is 9.69. The van der Waals surface area contributed by atoms with Crippen molar-refractivity contribution in [1.29, 1.82) is 0 Å². The van der Waals surface area contributed by atoms with E-state index in [1.54, 1.807) is 0 Å². The standard InChI is InChI=1S/CF4.H6OSi2/c2-1(3,4)5;2-1-3/h;2-3H3. The average Bonchev–Trinajstić information content (AvgIpc) is 1.27. The molecule has 7 heteroatoms. The van der Waals surface area contributed by atoms with Gasteiger partial charge in [-0.1, -0.05) is 0 Å². The minimum Gasteiger partial charge on any atom is -0.471 e. The third kappa shape index (κ3) is 12400. The lowest BCUT2D eigenvalue weighted by Gasteiger charge is -1.82. The topological polar surface area (TPSA) is 9.23 Å². The van der Waals surface area contributed by atoms with Crippen molar-refractivity contribution in [2.45, 2.75) is 6.43 Å². The Kier molecular flexibility index (Phi) is 7.21. The van der Waals surface area contributed by atoms with Gasteiger partial charge in [-0.05, 0) is 0 Å². The molecule has 0 aromatic rings. The summed E-state index contributed by atoms with van der Waals surface area (Å²) in [5, 5.41) is 0. The van der Waals surface area contributed by atoms with Crippen LogP contribution in [0.15, 0.2) is 0 Å². The number of rotatable bonds is 0. The van der Waals surface area contributed by atoms with E-state index in [1.807, 2.05) is 0 Å². The van der Waals surface area contributed by atoms with Gasteiger partial charge in [0.05, 0.1) is 0 Å². The van der Waals surface area contributed by atoms with E-state index >= 15 is 0 Å². The molecule has 8 heavy (non-hydrogen) atoms. The molecule has 0 aromatic carbocycles. The van der Waals surface area contributed by atoms with Crippen LogP contribution in [0.5, 0.6) is 0 Å². The van der Waals surface area contributed by atoms with E-state index in [2.05, 4.69) is 4.12 Å². The normalized spacial score (nSPS) is 10.5. The summed E-state index contributed by atoms with van der Waals surface area (Å²) in [5.74, 6) is 0. The monoisotopic (exact) mass is 166 g/mol. The molecule has 0 amide bonds. The molecule has 0 rings (SSSR count). The third-order valence-corrected chi connectivity index (χ3v) is 0. The van der Waals surface area contributed by atoms with Crippen molar-refractivity contribution < 1.29 is 21.7 Å². The summed E-state index contributed by atoms with van der Waals surface area (Å²) in [6.45, 7) is 0. The van der Waals surface area contributed by atoms with Gasteiger partial charge in [0.1, 0.15) is 21.0 Å². The molecule has 0 fully saturated rings. The van der Waals surface area contributed by atoms with Crippen LogP contribution in [-0.2, 0) is 4.12 Å². The van der Waals surface area contributed by atoms with E-state index in [0.717, 1.165) is 21.0 Å². The molecule has 0 atom stereocenters. The summed E-state index contributed by atoms with van der Waals surface area (Å²) >= 11 is 0. The zero-order valence-corrected chi connectivity index (χ0v) is 8.42. The predicted molar refractivity (Wildman–Crippen MR) is 28.1 cm³/mol. The first kappa shape index (κ1) is 11.0. The van der Waals surface area contributed by atoms with E-state index < -0.39 is 6.43 Å². The van der Waals surface area contributed by atoms with E-state index in [9.17, 15) is 17.6 Å². The molecule has 0 heterocycles. The molecule has 0 aliphatic rings. The lowest BCUT2D eigenvalue weighted by atomic mass is 11.5. The van der Waals surface area contributed by atoms with Crippen LogP contribution in [0.25, 0.3) is 0 Å². The second kappa shape index (κ2) is 5.25. The molecule has 0 N–H and O–H groups in total. The second-order valence-electron chi connectivity index (χ2n) is 0.837. The molecule has 52 valence electrons. The first-order valence-corrected chi connectivity index (χ1v) is 3.21. The van der Waals surface area contributed by atoms with Crippen molar-refractivity contribution in [3.63, 3.8) is 0 Å². The Morgan fingerprint density at radius 1 is 1.00 bits per heavy atom. The zero-order chi connectivity index (χ0) is 7.21. The maximum Gasteiger partial charge on any atom is 0.559 e. The highest BCUT2D eigenvalue weighted by Gasteiger charge is 2.24. The molecular weight excluding hydrogens is 160 g/mol. The lowest BCUT2D eigenvalue weighted by Crippen LogP contribution is -1.92. The number of alkyl halides is 4. The van der Waals surface area contributed by atoms with Crippen LogP contribution in [0.1, 0.15) is 0 Å². The molecular formula is CH6F4OSi2. The van der Waals surface area contributed by atoms with Gasteiger partial charge in [0.2, 0.25) is 0 Å². The van der Waals surface area contributed by atoms with Gasteiger partial charge in [-0.3, -0.25) is 0 Å². The van der Waals surface area contributed by atoms with Gasteiger partial charge in [0.15, 0.2) is 0 Å². The maximum atomic E-state index is 9.69. The lowest BCUT2D eigenvalue weighted by molar-refractivity contribution is -0.237. The van der Waals surface area contributed by atoms with Crippen molar-refractivity contribution in [1.82, 2.24) is 0 Å². The fourth-order valence-corrected chi connectivity index (χ4v) is 0. The molecule has 0 aromatic heterocycles. The van der Waals surface area contributed by atoms with Crippen molar-refractivity contribution >= 4 is 21.0 Å². The van der Waals surface area contributed by atoms with E-state index in [0.29, 0.717) is 0 Å². The summed E-state index contributed by atoms with van der Waals surface area (Å²) < 4.78 is 43.3. The highest BCUT2D eigenvalue weighted by molar-refractivity contribution is 6.15. The Hall–Kier alpha value is 0.114. The molecule has 0 saturated heterocycles. The highest BCUT2D eigenvalue weighted by Crippen LogP contribution is 2.13. The van der Waals surface area contributed by atoms with Crippen LogP contribution in [0.3, 0.4) is 0 Å². The summed E-state index contributed by atoms with van der Waals surface area (Å²) in [5.41, 5.74) is 0.